The molecule has 1 aliphatic heterocycles. The molecule has 2 N–H and O–H groups in total. The lowest BCUT2D eigenvalue weighted by molar-refractivity contribution is 0.414. The minimum Gasteiger partial charge on any atom is -0.497 e. The topological polar surface area (TPSA) is 69.4 Å². The number of quaternary nitrogens is 1. The van der Waals surface area contributed by atoms with Crippen LogP contribution in [0.5, 0.6) is 5.75 Å². The lowest BCUT2D eigenvalue weighted by Gasteiger charge is -2.37. The zero-order valence-electron chi connectivity index (χ0n) is 12.3. The third kappa shape index (κ3) is 2.50. The fraction of sp³-hybridized carbons (Fsp3) is 0.333. The Morgan fingerprint density at radius 1 is 1.29 bits per heavy atom. The molecule has 0 aliphatic carbocycles. The molecule has 0 bridgehead atoms. The van der Waals surface area contributed by atoms with Crippen LogP contribution in [0.15, 0.2) is 48.2 Å². The Hall–Kier alpha value is -1.63. The van der Waals surface area contributed by atoms with Crippen LogP contribution in [0.4, 0.5) is 5.69 Å². The monoisotopic (exact) mass is 309 g/mol. The smallest absolute Gasteiger partial charge is 0.306 e. The second-order valence-corrected chi connectivity index (χ2v) is 7.15. The summed E-state index contributed by atoms with van der Waals surface area (Å²) < 4.78 is 30.5. The number of sulfonamides is 1. The molecule has 1 heterocycles. The molecule has 1 aliphatic rings. The van der Waals surface area contributed by atoms with Crippen LogP contribution in [0.1, 0.15) is 6.92 Å². The largest absolute Gasteiger partial charge is 0.497 e. The first kappa shape index (κ1) is 15.8. The molecule has 1 atom stereocenters. The normalized spacial score (nSPS) is 22.0. The van der Waals surface area contributed by atoms with Gasteiger partial charge in [-0.3, -0.25) is 0 Å². The van der Waals surface area contributed by atoms with E-state index in [-0.39, 0.29) is 16.2 Å². The second-order valence-electron chi connectivity index (χ2n) is 4.78. The molecule has 2 rings (SSSR count). The summed E-state index contributed by atoms with van der Waals surface area (Å²) in [6.45, 7) is 2.20. The second kappa shape index (κ2) is 6.01. The van der Waals surface area contributed by atoms with Crippen molar-refractivity contribution in [1.29, 1.82) is 0 Å². The number of hydrogen-bond acceptors (Lipinski definition) is 4. The van der Waals surface area contributed by atoms with Crippen LogP contribution >= 0.6 is 0 Å². The van der Waals surface area contributed by atoms with E-state index in [0.717, 1.165) is 0 Å². The molecule has 0 aromatic heterocycles. The Balaban J connectivity index is 2.67. The van der Waals surface area contributed by atoms with Crippen molar-refractivity contribution < 1.29 is 13.2 Å². The molecule has 0 spiro atoms. The number of methoxy groups -OCH3 is 1. The predicted octanol–water partition coefficient (Wildman–Crippen LogP) is 1.76. The Bertz CT molecular complexity index is 663. The highest BCUT2D eigenvalue weighted by Gasteiger charge is 2.46. The number of benzene rings is 1. The molecule has 0 saturated carbocycles. The molecule has 114 valence electrons. The summed E-state index contributed by atoms with van der Waals surface area (Å²) >= 11 is 0. The summed E-state index contributed by atoms with van der Waals surface area (Å²) in [4.78, 5) is 0. The molecule has 0 saturated heterocycles. The summed E-state index contributed by atoms with van der Waals surface area (Å²) in [5.41, 5.74) is 7.17. The summed E-state index contributed by atoms with van der Waals surface area (Å²) in [6, 6.07) is 7.11. The summed E-state index contributed by atoms with van der Waals surface area (Å²) in [6.07, 6.45) is 5.50. The lowest BCUT2D eigenvalue weighted by Crippen LogP contribution is -2.56. The third-order valence-electron chi connectivity index (χ3n) is 3.79. The van der Waals surface area contributed by atoms with E-state index in [0.29, 0.717) is 23.7 Å². The lowest BCUT2D eigenvalue weighted by atomic mass is 10.2. The van der Waals surface area contributed by atoms with Gasteiger partial charge in [0.15, 0.2) is 5.69 Å². The Morgan fingerprint density at radius 2 is 1.95 bits per heavy atom. The van der Waals surface area contributed by atoms with Gasteiger partial charge in [0.2, 0.25) is 0 Å². The van der Waals surface area contributed by atoms with Gasteiger partial charge in [0.05, 0.1) is 19.4 Å². The van der Waals surface area contributed by atoms with Gasteiger partial charge in [0.1, 0.15) is 18.0 Å². The van der Waals surface area contributed by atoms with Crippen molar-refractivity contribution in [1.82, 2.24) is 3.89 Å². The fourth-order valence-electron chi connectivity index (χ4n) is 2.61. The van der Waals surface area contributed by atoms with Crippen molar-refractivity contribution in [3.63, 3.8) is 0 Å². The number of rotatable bonds is 5. The van der Waals surface area contributed by atoms with Crippen molar-refractivity contribution in [3.8, 4) is 5.75 Å². The first-order chi connectivity index (χ1) is 10.0. The average Bonchev–Trinajstić information content (AvgIpc) is 2.54. The van der Waals surface area contributed by atoms with Gasteiger partial charge in [-0.25, -0.2) is 0 Å². The minimum atomic E-state index is -3.42. The van der Waals surface area contributed by atoms with Crippen LogP contribution in [-0.2, 0) is 10.0 Å². The molecule has 0 radical (unpaired) electrons. The number of ether oxygens (including phenoxy) is 1. The highest BCUT2D eigenvalue weighted by atomic mass is 32.2. The fourth-order valence-corrected chi connectivity index (χ4v) is 4.30. The molecule has 0 fully saturated rings. The summed E-state index contributed by atoms with van der Waals surface area (Å²) in [5, 5.41) is 0. The van der Waals surface area contributed by atoms with Gasteiger partial charge in [0, 0.05) is 12.1 Å². The van der Waals surface area contributed by atoms with E-state index >= 15 is 0 Å². The van der Waals surface area contributed by atoms with E-state index in [1.165, 1.54) is 0 Å². The van der Waals surface area contributed by atoms with Crippen LogP contribution in [0, 0.1) is 0 Å². The maximum atomic E-state index is 12.8. The average molecular weight is 309 g/mol. The van der Waals surface area contributed by atoms with Crippen molar-refractivity contribution in [2.24, 2.45) is 5.73 Å². The highest BCUT2D eigenvalue weighted by molar-refractivity contribution is 7.91. The van der Waals surface area contributed by atoms with E-state index < -0.39 is 10.0 Å². The van der Waals surface area contributed by atoms with Gasteiger partial charge in [0.25, 0.3) is 0 Å². The third-order valence-corrected chi connectivity index (χ3v) is 6.06. The van der Waals surface area contributed by atoms with E-state index in [9.17, 15) is 8.42 Å². The Kier molecular flexibility index (Phi) is 4.51. The molecule has 1 aromatic rings. The van der Waals surface area contributed by atoms with Crippen molar-refractivity contribution in [3.05, 3.63) is 48.2 Å². The summed E-state index contributed by atoms with van der Waals surface area (Å²) in [7, 11) is -1.84. The highest BCUT2D eigenvalue weighted by Crippen LogP contribution is 2.36. The Morgan fingerprint density at radius 3 is 2.48 bits per heavy atom. The van der Waals surface area contributed by atoms with Crippen LogP contribution in [0.2, 0.25) is 0 Å². The van der Waals surface area contributed by atoms with Crippen LogP contribution < -0.4 is 14.4 Å². The maximum absolute atomic E-state index is 12.8. The summed E-state index contributed by atoms with van der Waals surface area (Å²) in [5.74, 6) is 0.737. The van der Waals surface area contributed by atoms with E-state index in [4.69, 9.17) is 10.5 Å². The van der Waals surface area contributed by atoms with Crippen molar-refractivity contribution in [2.75, 3.05) is 26.0 Å². The standard InChI is InChI=1S/C15H21N2O3S/c1-3-21(18,19)17(11-5-4-6-14(17)12-16)13-7-9-15(20-2)10-8-13/h4-10H,3,11-12,16H2,1-2H3/q+1. The van der Waals surface area contributed by atoms with E-state index in [1.807, 2.05) is 12.2 Å². The molecule has 1 aromatic carbocycles. The number of hydrogen-bond donors (Lipinski definition) is 1. The van der Waals surface area contributed by atoms with Gasteiger partial charge in [-0.2, -0.15) is 12.3 Å². The maximum Gasteiger partial charge on any atom is 0.306 e. The Labute approximate surface area is 126 Å². The first-order valence-corrected chi connectivity index (χ1v) is 8.44. The zero-order valence-corrected chi connectivity index (χ0v) is 13.1. The number of allylic oxidation sites excluding steroid dienone is 2. The zero-order chi connectivity index (χ0) is 15.5. The molecular formula is C15H21N2O3S+. The van der Waals surface area contributed by atoms with Gasteiger partial charge >= 0.3 is 10.0 Å². The SMILES string of the molecule is CCS(=O)(=O)[N+]1(c2ccc(OC)cc2)CC=CC=C1CN. The van der Waals surface area contributed by atoms with Crippen LogP contribution in [0.3, 0.4) is 0 Å². The van der Waals surface area contributed by atoms with E-state index in [2.05, 4.69) is 0 Å². The number of nitrogens with zero attached hydrogens (tertiary/aromatic N) is 1. The molecule has 1 unspecified atom stereocenters. The van der Waals surface area contributed by atoms with Crippen LogP contribution in [0.25, 0.3) is 0 Å². The molecular weight excluding hydrogens is 288 g/mol. The quantitative estimate of drug-likeness (QED) is 0.842. The first-order valence-electron chi connectivity index (χ1n) is 6.83. The predicted molar refractivity (Wildman–Crippen MR) is 85.4 cm³/mol. The van der Waals surface area contributed by atoms with Crippen molar-refractivity contribution >= 4 is 15.7 Å². The van der Waals surface area contributed by atoms with Gasteiger partial charge < -0.3 is 10.5 Å². The van der Waals surface area contributed by atoms with Gasteiger partial charge in [-0.1, -0.05) is 6.08 Å². The van der Waals surface area contributed by atoms with Crippen molar-refractivity contribution in [2.45, 2.75) is 6.92 Å². The van der Waals surface area contributed by atoms with E-state index in [1.54, 1.807) is 44.4 Å². The molecule has 21 heavy (non-hydrogen) atoms. The van der Waals surface area contributed by atoms with Gasteiger partial charge in [-0.05, 0) is 31.2 Å². The van der Waals surface area contributed by atoms with Gasteiger partial charge in [-0.15, -0.1) is 0 Å². The molecule has 6 heteroatoms. The minimum absolute atomic E-state index is 0.0458. The molecule has 0 amide bonds. The number of nitrogens with two attached hydrogens (primary N) is 1. The van der Waals surface area contributed by atoms with Crippen LogP contribution in [-0.4, -0.2) is 34.4 Å². The molecule has 5 nitrogen and oxygen atoms in total.